The molecule has 1 heterocycles. The van der Waals surface area contributed by atoms with E-state index in [0.717, 1.165) is 0 Å². The topological polar surface area (TPSA) is 110 Å². The quantitative estimate of drug-likeness (QED) is 0.610. The van der Waals surface area contributed by atoms with Crippen molar-refractivity contribution in [1.82, 2.24) is 9.55 Å². The summed E-state index contributed by atoms with van der Waals surface area (Å²) in [5.74, 6) is -0.550. The number of aromatic nitrogens is 2. The molecule has 0 aliphatic rings. The Kier molecular flexibility index (Phi) is 7.89. The van der Waals surface area contributed by atoms with Gasteiger partial charge in [0, 0.05) is 31.8 Å². The van der Waals surface area contributed by atoms with E-state index in [1.165, 1.54) is 28.7 Å². The van der Waals surface area contributed by atoms with Crippen LogP contribution in [0.5, 0.6) is 0 Å². The van der Waals surface area contributed by atoms with E-state index in [1.54, 1.807) is 6.07 Å². The highest BCUT2D eigenvalue weighted by molar-refractivity contribution is 6.36. The molecule has 158 valence electrons. The number of nitrogen functional groups attached to an aromatic ring is 1. The van der Waals surface area contributed by atoms with Crippen LogP contribution in [0.25, 0.3) is 0 Å². The van der Waals surface area contributed by atoms with Gasteiger partial charge in [-0.1, -0.05) is 37.0 Å². The number of ether oxygens (including phenoxy) is 1. The lowest BCUT2D eigenvalue weighted by Gasteiger charge is -2.25. The largest absolute Gasteiger partial charge is 0.385 e. The zero-order chi connectivity index (χ0) is 21.7. The maximum absolute atomic E-state index is 13.3. The molecule has 1 aromatic carbocycles. The van der Waals surface area contributed by atoms with Gasteiger partial charge in [-0.2, -0.15) is 0 Å². The van der Waals surface area contributed by atoms with Gasteiger partial charge in [0.2, 0.25) is 0 Å². The second-order valence-electron chi connectivity index (χ2n) is 6.92. The van der Waals surface area contributed by atoms with Gasteiger partial charge in [-0.25, -0.2) is 4.79 Å². The highest BCUT2D eigenvalue weighted by atomic mass is 35.5. The molecule has 0 radical (unpaired) electrons. The third-order valence-electron chi connectivity index (χ3n) is 4.17. The average molecular weight is 443 g/mol. The summed E-state index contributed by atoms with van der Waals surface area (Å²) in [6, 6.07) is 4.47. The van der Waals surface area contributed by atoms with Crippen LogP contribution in [0.4, 0.5) is 11.5 Å². The van der Waals surface area contributed by atoms with Crippen LogP contribution in [-0.4, -0.2) is 35.7 Å². The number of halogens is 2. The van der Waals surface area contributed by atoms with E-state index in [-0.39, 0.29) is 41.1 Å². The fraction of sp³-hybridized carbons (Fsp3) is 0.421. The van der Waals surface area contributed by atoms with Gasteiger partial charge in [-0.05, 0) is 30.5 Å². The first-order valence-electron chi connectivity index (χ1n) is 9.05. The summed E-state index contributed by atoms with van der Waals surface area (Å²) in [7, 11) is 1.53. The van der Waals surface area contributed by atoms with Crippen molar-refractivity contribution >= 4 is 40.6 Å². The summed E-state index contributed by atoms with van der Waals surface area (Å²) < 4.78 is 6.30. The second kappa shape index (κ2) is 9.96. The molecule has 0 aliphatic heterocycles. The number of rotatable bonds is 8. The molecule has 10 heteroatoms. The normalized spacial score (nSPS) is 11.1. The standard InChI is InChI=1S/C19H24Cl2N4O4/c1-11(2)10-25-16(22)15(17(26)23-19(25)28)24(7-4-8-29-3)18(27)13-9-12(20)5-6-14(13)21/h5-6,9,11H,4,7-8,10,22H2,1-3H3,(H,23,26,28). The first-order valence-corrected chi connectivity index (χ1v) is 9.81. The molecule has 0 unspecified atom stereocenters. The van der Waals surface area contributed by atoms with Crippen molar-refractivity contribution in [3.8, 4) is 0 Å². The lowest BCUT2D eigenvalue weighted by molar-refractivity contribution is 0.0983. The molecule has 1 aromatic heterocycles. The summed E-state index contributed by atoms with van der Waals surface area (Å²) >= 11 is 12.2. The van der Waals surface area contributed by atoms with E-state index in [0.29, 0.717) is 18.1 Å². The minimum absolute atomic E-state index is 0.0867. The highest BCUT2D eigenvalue weighted by Gasteiger charge is 2.26. The SMILES string of the molecule is COCCCN(C(=O)c1cc(Cl)ccc1Cl)c1c(N)n(CC(C)C)c(=O)[nH]c1=O. The molecule has 3 N–H and O–H groups in total. The molecule has 1 amide bonds. The molecular weight excluding hydrogens is 419 g/mol. The average Bonchev–Trinajstić information content (AvgIpc) is 2.65. The Morgan fingerprint density at radius 3 is 2.62 bits per heavy atom. The Hall–Kier alpha value is -2.29. The minimum Gasteiger partial charge on any atom is -0.385 e. The number of H-pyrrole nitrogens is 1. The van der Waals surface area contributed by atoms with Crippen molar-refractivity contribution in [1.29, 1.82) is 0 Å². The van der Waals surface area contributed by atoms with E-state index in [1.807, 2.05) is 13.8 Å². The molecule has 0 spiro atoms. The summed E-state index contributed by atoms with van der Waals surface area (Å²) in [5, 5.41) is 0.503. The number of hydrogen-bond acceptors (Lipinski definition) is 5. The molecule has 0 saturated heterocycles. The summed E-state index contributed by atoms with van der Waals surface area (Å²) in [5.41, 5.74) is 4.81. The number of methoxy groups -OCH3 is 1. The smallest absolute Gasteiger partial charge is 0.330 e. The van der Waals surface area contributed by atoms with Crippen LogP contribution >= 0.6 is 23.2 Å². The van der Waals surface area contributed by atoms with Crippen molar-refractivity contribution in [2.45, 2.75) is 26.8 Å². The van der Waals surface area contributed by atoms with Crippen molar-refractivity contribution in [2.24, 2.45) is 5.92 Å². The number of nitrogens with one attached hydrogen (secondary N) is 1. The lowest BCUT2D eigenvalue weighted by Crippen LogP contribution is -2.42. The zero-order valence-electron chi connectivity index (χ0n) is 16.5. The number of anilines is 2. The van der Waals surface area contributed by atoms with E-state index in [2.05, 4.69) is 4.98 Å². The van der Waals surface area contributed by atoms with Gasteiger partial charge in [0.25, 0.3) is 11.5 Å². The molecule has 0 saturated carbocycles. The Bertz CT molecular complexity index is 1000. The Morgan fingerprint density at radius 1 is 1.31 bits per heavy atom. The summed E-state index contributed by atoms with van der Waals surface area (Å²) in [4.78, 5) is 41.6. The van der Waals surface area contributed by atoms with Gasteiger partial charge in [0.15, 0.2) is 5.69 Å². The maximum Gasteiger partial charge on any atom is 0.330 e. The predicted molar refractivity (Wildman–Crippen MR) is 115 cm³/mol. The Morgan fingerprint density at radius 2 is 2.00 bits per heavy atom. The molecule has 2 rings (SSSR count). The number of hydrogen-bond donors (Lipinski definition) is 2. The Labute approximate surface area is 178 Å². The highest BCUT2D eigenvalue weighted by Crippen LogP contribution is 2.26. The minimum atomic E-state index is -0.753. The number of nitrogens with two attached hydrogens (primary N) is 1. The monoisotopic (exact) mass is 442 g/mol. The van der Waals surface area contributed by atoms with Crippen LogP contribution in [0.15, 0.2) is 27.8 Å². The van der Waals surface area contributed by atoms with E-state index in [4.69, 9.17) is 33.7 Å². The summed E-state index contributed by atoms with van der Waals surface area (Å²) in [6.45, 7) is 4.58. The van der Waals surface area contributed by atoms with Gasteiger partial charge in [0.05, 0.1) is 10.6 Å². The molecule has 0 atom stereocenters. The second-order valence-corrected chi connectivity index (χ2v) is 7.77. The molecule has 0 aliphatic carbocycles. The van der Waals surface area contributed by atoms with Crippen molar-refractivity contribution in [2.75, 3.05) is 30.9 Å². The zero-order valence-corrected chi connectivity index (χ0v) is 18.0. The van der Waals surface area contributed by atoms with E-state index >= 15 is 0 Å². The molecular formula is C19H24Cl2N4O4. The number of benzene rings is 1. The van der Waals surface area contributed by atoms with Gasteiger partial charge in [-0.15, -0.1) is 0 Å². The molecule has 29 heavy (non-hydrogen) atoms. The van der Waals surface area contributed by atoms with Crippen LogP contribution < -0.4 is 21.9 Å². The third-order valence-corrected chi connectivity index (χ3v) is 4.73. The van der Waals surface area contributed by atoms with Crippen LogP contribution in [0.1, 0.15) is 30.6 Å². The van der Waals surface area contributed by atoms with Crippen LogP contribution in [-0.2, 0) is 11.3 Å². The Balaban J connectivity index is 2.64. The van der Waals surface area contributed by atoms with Crippen LogP contribution in [0.2, 0.25) is 10.0 Å². The van der Waals surface area contributed by atoms with Crippen LogP contribution in [0.3, 0.4) is 0 Å². The third kappa shape index (κ3) is 5.41. The number of aromatic amines is 1. The molecule has 0 fully saturated rings. The van der Waals surface area contributed by atoms with Gasteiger partial charge in [-0.3, -0.25) is 19.1 Å². The number of carbonyl (C=O) groups is 1. The fourth-order valence-corrected chi connectivity index (χ4v) is 3.24. The molecule has 0 bridgehead atoms. The van der Waals surface area contributed by atoms with Crippen LogP contribution in [0, 0.1) is 5.92 Å². The van der Waals surface area contributed by atoms with Crippen molar-refractivity contribution < 1.29 is 9.53 Å². The van der Waals surface area contributed by atoms with Gasteiger partial charge in [0.1, 0.15) is 5.82 Å². The number of nitrogens with zero attached hydrogens (tertiary/aromatic N) is 2. The lowest BCUT2D eigenvalue weighted by atomic mass is 10.1. The van der Waals surface area contributed by atoms with Gasteiger partial charge < -0.3 is 15.4 Å². The van der Waals surface area contributed by atoms with E-state index in [9.17, 15) is 14.4 Å². The van der Waals surface area contributed by atoms with Gasteiger partial charge >= 0.3 is 5.69 Å². The first kappa shape index (κ1) is 23.0. The maximum atomic E-state index is 13.3. The first-order chi connectivity index (χ1) is 13.7. The number of carbonyl (C=O) groups excluding carboxylic acids is 1. The molecule has 2 aromatic rings. The van der Waals surface area contributed by atoms with Crippen molar-refractivity contribution in [3.63, 3.8) is 0 Å². The fourth-order valence-electron chi connectivity index (χ4n) is 2.87. The van der Waals surface area contributed by atoms with Crippen molar-refractivity contribution in [3.05, 3.63) is 54.6 Å². The number of amides is 1. The molecule has 8 nitrogen and oxygen atoms in total. The van der Waals surface area contributed by atoms with E-state index < -0.39 is 17.2 Å². The predicted octanol–water partition coefficient (Wildman–Crippen LogP) is 2.76. The summed E-state index contributed by atoms with van der Waals surface area (Å²) in [6.07, 6.45) is 0.433.